The molecule has 0 saturated carbocycles. The van der Waals surface area contributed by atoms with Gasteiger partial charge in [-0.15, -0.1) is 11.3 Å². The fourth-order valence-corrected chi connectivity index (χ4v) is 4.91. The lowest BCUT2D eigenvalue weighted by molar-refractivity contribution is -0.202. The van der Waals surface area contributed by atoms with Gasteiger partial charge in [-0.05, 0) is 36.7 Å². The van der Waals surface area contributed by atoms with Crippen molar-refractivity contribution in [1.29, 1.82) is 0 Å². The lowest BCUT2D eigenvalue weighted by Gasteiger charge is -2.57. The van der Waals surface area contributed by atoms with E-state index in [9.17, 15) is 9.59 Å². The second-order valence-electron chi connectivity index (χ2n) is 8.41. The maximum absolute atomic E-state index is 12.4. The third-order valence-corrected chi connectivity index (χ3v) is 6.21. The molecule has 1 aromatic rings. The lowest BCUT2D eigenvalue weighted by atomic mass is 9.76. The van der Waals surface area contributed by atoms with Crippen molar-refractivity contribution >= 4 is 39.3 Å². The van der Waals surface area contributed by atoms with E-state index in [1.807, 2.05) is 5.38 Å². The van der Waals surface area contributed by atoms with Gasteiger partial charge in [0.25, 0.3) is 0 Å². The summed E-state index contributed by atoms with van der Waals surface area (Å²) in [6.07, 6.45) is -0.549. The Morgan fingerprint density at radius 3 is 2.57 bits per heavy atom. The normalized spacial score (nSPS) is 20.6. The number of likely N-dealkylation sites (tertiary alicyclic amines) is 1. The molecular weight excluding hydrogens is 450 g/mol. The van der Waals surface area contributed by atoms with E-state index in [0.29, 0.717) is 0 Å². The average Bonchev–Trinajstić information content (AvgIpc) is 2.89. The number of amides is 1. The summed E-state index contributed by atoms with van der Waals surface area (Å²) in [5.74, 6) is -0.400. The van der Waals surface area contributed by atoms with Gasteiger partial charge in [0.05, 0.1) is 25.3 Å². The van der Waals surface area contributed by atoms with Crippen LogP contribution in [0.4, 0.5) is 4.79 Å². The van der Waals surface area contributed by atoms with Gasteiger partial charge in [-0.25, -0.2) is 9.78 Å². The zero-order chi connectivity index (χ0) is 20.5. The monoisotopic (exact) mass is 475 g/mol. The summed E-state index contributed by atoms with van der Waals surface area (Å²) in [6, 6.07) is -0.718. The van der Waals surface area contributed by atoms with E-state index < -0.39 is 23.7 Å². The molecule has 3 heterocycles. The zero-order valence-corrected chi connectivity index (χ0v) is 18.9. The number of nitrogens with zero attached hydrogens (tertiary/aromatic N) is 2. The number of alkyl carbamates (subject to hydrolysis) is 1. The Morgan fingerprint density at radius 1 is 1.43 bits per heavy atom. The third kappa shape index (κ3) is 5.22. The second-order valence-corrected chi connectivity index (χ2v) is 10.1. The number of hydrogen-bond acceptors (Lipinski definition) is 8. The Bertz CT molecular complexity index is 723. The van der Waals surface area contributed by atoms with Crippen molar-refractivity contribution in [3.63, 3.8) is 0 Å². The molecule has 8 nitrogen and oxygen atoms in total. The summed E-state index contributed by atoms with van der Waals surface area (Å²) in [7, 11) is 0. The molecule has 28 heavy (non-hydrogen) atoms. The second kappa shape index (κ2) is 8.25. The van der Waals surface area contributed by atoms with Gasteiger partial charge in [-0.3, -0.25) is 9.69 Å². The minimum atomic E-state index is -0.625. The van der Waals surface area contributed by atoms with E-state index in [4.69, 9.17) is 14.2 Å². The number of halogens is 1. The molecule has 156 valence electrons. The van der Waals surface area contributed by atoms with Crippen molar-refractivity contribution in [1.82, 2.24) is 15.2 Å². The molecule has 1 aromatic heterocycles. The Kier molecular flexibility index (Phi) is 6.33. The quantitative estimate of drug-likeness (QED) is 0.632. The van der Waals surface area contributed by atoms with Gasteiger partial charge in [-0.2, -0.15) is 0 Å². The highest BCUT2D eigenvalue weighted by molar-refractivity contribution is 9.10. The van der Waals surface area contributed by atoms with Crippen LogP contribution in [0.1, 0.15) is 38.7 Å². The van der Waals surface area contributed by atoms with E-state index in [1.54, 1.807) is 20.8 Å². The fourth-order valence-electron chi connectivity index (χ4n) is 3.45. The summed E-state index contributed by atoms with van der Waals surface area (Å²) in [4.78, 5) is 30.7. The van der Waals surface area contributed by atoms with Crippen molar-refractivity contribution in [2.45, 2.75) is 45.4 Å². The van der Waals surface area contributed by atoms with Crippen LogP contribution in [0.3, 0.4) is 0 Å². The minimum Gasteiger partial charge on any atom is -0.464 e. The summed E-state index contributed by atoms with van der Waals surface area (Å²) < 4.78 is 16.8. The van der Waals surface area contributed by atoms with Crippen molar-refractivity contribution in [3.8, 4) is 0 Å². The first kappa shape index (κ1) is 21.5. The van der Waals surface area contributed by atoms with Crippen LogP contribution in [-0.4, -0.2) is 66.5 Å². The zero-order valence-electron chi connectivity index (χ0n) is 16.5. The minimum absolute atomic E-state index is 0.0381. The van der Waals surface area contributed by atoms with Crippen LogP contribution in [0, 0.1) is 5.41 Å². The molecule has 3 rings (SSSR count). The van der Waals surface area contributed by atoms with Crippen molar-refractivity contribution < 1.29 is 23.8 Å². The van der Waals surface area contributed by atoms with Gasteiger partial charge >= 0.3 is 12.1 Å². The van der Waals surface area contributed by atoms with Crippen molar-refractivity contribution in [3.05, 3.63) is 15.0 Å². The van der Waals surface area contributed by atoms with Crippen molar-refractivity contribution in [2.24, 2.45) is 5.41 Å². The molecule has 1 N–H and O–H groups in total. The largest absolute Gasteiger partial charge is 0.464 e. The first-order valence-corrected chi connectivity index (χ1v) is 10.8. The summed E-state index contributed by atoms with van der Waals surface area (Å²) in [5.41, 5.74) is -0.426. The standard InChI is InChI=1S/C18H26BrN3O5S/c1-11(23)26-5-12(20-16(24)27-17(2,3)4)14(15-21-13(19)6-28-15)22-7-18(8-22)9-25-10-18/h6,12,14H,5,7-10H2,1-4H3,(H,20,24)/t12-,14+/m1/s1. The van der Waals surface area contributed by atoms with E-state index in [-0.39, 0.29) is 18.1 Å². The number of carbonyl (C=O) groups excluding carboxylic acids is 2. The molecule has 1 spiro atoms. The maximum atomic E-state index is 12.4. The Hall–Kier alpha value is -1.23. The van der Waals surface area contributed by atoms with E-state index in [2.05, 4.69) is 31.1 Å². The highest BCUT2D eigenvalue weighted by atomic mass is 79.9. The number of aromatic nitrogens is 1. The Labute approximate surface area is 177 Å². The molecule has 0 bridgehead atoms. The molecule has 2 saturated heterocycles. The molecule has 2 aliphatic heterocycles. The van der Waals surface area contributed by atoms with Crippen LogP contribution in [0.2, 0.25) is 0 Å². The third-order valence-electron chi connectivity index (χ3n) is 4.58. The van der Waals surface area contributed by atoms with Crippen LogP contribution in [-0.2, 0) is 19.0 Å². The van der Waals surface area contributed by atoms with Gasteiger partial charge in [0.1, 0.15) is 21.8 Å². The molecule has 10 heteroatoms. The number of nitrogens with one attached hydrogen (secondary N) is 1. The molecule has 2 aliphatic rings. The summed E-state index contributed by atoms with van der Waals surface area (Å²) in [5, 5.41) is 5.64. The SMILES string of the molecule is CC(=O)OC[C@@H](NC(=O)OC(C)(C)C)[C@@H](c1nc(Br)cs1)N1CC2(COC2)C1. The van der Waals surface area contributed by atoms with E-state index in [1.165, 1.54) is 18.3 Å². The van der Waals surface area contributed by atoms with Gasteiger partial charge in [0, 0.05) is 30.8 Å². The van der Waals surface area contributed by atoms with E-state index in [0.717, 1.165) is 35.9 Å². The molecule has 0 radical (unpaired) electrons. The fraction of sp³-hybridized carbons (Fsp3) is 0.722. The van der Waals surface area contributed by atoms with Gasteiger partial charge in [0.2, 0.25) is 0 Å². The number of ether oxygens (including phenoxy) is 3. The molecule has 0 aliphatic carbocycles. The van der Waals surface area contributed by atoms with Gasteiger partial charge in [-0.1, -0.05) is 0 Å². The maximum Gasteiger partial charge on any atom is 0.408 e. The average molecular weight is 476 g/mol. The number of hydrogen-bond donors (Lipinski definition) is 1. The van der Waals surface area contributed by atoms with Crippen LogP contribution in [0.5, 0.6) is 0 Å². The smallest absolute Gasteiger partial charge is 0.408 e. The highest BCUT2D eigenvalue weighted by Gasteiger charge is 2.53. The Morgan fingerprint density at radius 2 is 2.11 bits per heavy atom. The van der Waals surface area contributed by atoms with Gasteiger partial charge in [0.15, 0.2) is 0 Å². The summed E-state index contributed by atoms with van der Waals surface area (Å²) in [6.45, 7) is 10.0. The van der Waals surface area contributed by atoms with Gasteiger partial charge < -0.3 is 19.5 Å². The number of carbonyl (C=O) groups is 2. The molecule has 2 fully saturated rings. The van der Waals surface area contributed by atoms with E-state index >= 15 is 0 Å². The van der Waals surface area contributed by atoms with Crippen LogP contribution < -0.4 is 5.32 Å². The van der Waals surface area contributed by atoms with Crippen LogP contribution >= 0.6 is 27.3 Å². The van der Waals surface area contributed by atoms with Crippen LogP contribution in [0.25, 0.3) is 0 Å². The van der Waals surface area contributed by atoms with Crippen molar-refractivity contribution in [2.75, 3.05) is 32.9 Å². The number of rotatable bonds is 6. The number of thiazole rings is 1. The molecule has 2 atom stereocenters. The first-order valence-electron chi connectivity index (χ1n) is 9.13. The molecular formula is C18H26BrN3O5S. The lowest BCUT2D eigenvalue weighted by Crippen LogP contribution is -2.68. The highest BCUT2D eigenvalue weighted by Crippen LogP contribution is 2.43. The molecule has 0 unspecified atom stereocenters. The first-order chi connectivity index (χ1) is 13.1. The predicted molar refractivity (Wildman–Crippen MR) is 107 cm³/mol. The Balaban J connectivity index is 1.80. The summed E-state index contributed by atoms with van der Waals surface area (Å²) >= 11 is 4.90. The molecule has 1 amide bonds. The molecule has 0 aromatic carbocycles. The topological polar surface area (TPSA) is 90.0 Å². The predicted octanol–water partition coefficient (Wildman–Crippen LogP) is 2.74. The van der Waals surface area contributed by atoms with Crippen LogP contribution in [0.15, 0.2) is 9.98 Å². The number of esters is 1.